The van der Waals surface area contributed by atoms with Gasteiger partial charge in [-0.1, -0.05) is 18.6 Å². The monoisotopic (exact) mass is 125 g/mol. The van der Waals surface area contributed by atoms with Gasteiger partial charge in [0.2, 0.25) is 0 Å². The Bertz CT molecular complexity index is 116. The summed E-state index contributed by atoms with van der Waals surface area (Å²) in [6.45, 7) is 5.55. The van der Waals surface area contributed by atoms with Crippen molar-refractivity contribution < 1.29 is 0 Å². The largest absolute Gasteiger partial charge is 0.310 e. The molecule has 1 aliphatic rings. The molecular weight excluding hydrogens is 110 g/mol. The van der Waals surface area contributed by atoms with Crippen molar-refractivity contribution >= 4 is 0 Å². The number of rotatable bonds is 1. The first kappa shape index (κ1) is 6.81. The lowest BCUT2D eigenvalue weighted by Gasteiger charge is -2.18. The average molecular weight is 125 g/mol. The third-order valence-electron chi connectivity index (χ3n) is 1.89. The number of hydrogen-bond acceptors (Lipinski definition) is 1. The van der Waals surface area contributed by atoms with Crippen LogP contribution in [0.25, 0.3) is 0 Å². The molecule has 1 rings (SSSR count). The van der Waals surface area contributed by atoms with E-state index in [0.29, 0.717) is 6.04 Å². The van der Waals surface area contributed by atoms with E-state index in [-0.39, 0.29) is 0 Å². The Labute approximate surface area is 57.1 Å². The first-order chi connectivity index (χ1) is 4.33. The first-order valence-electron chi connectivity index (χ1n) is 3.74. The van der Waals surface area contributed by atoms with Crippen LogP contribution >= 0.6 is 0 Å². The Balaban J connectivity index is 2.40. The van der Waals surface area contributed by atoms with Gasteiger partial charge in [0.1, 0.15) is 0 Å². The van der Waals surface area contributed by atoms with Gasteiger partial charge in [-0.2, -0.15) is 0 Å². The fourth-order valence-corrected chi connectivity index (χ4v) is 1.07. The Kier molecular flexibility index (Phi) is 2.29. The highest BCUT2D eigenvalue weighted by Gasteiger charge is 2.05. The molecule has 0 radical (unpaired) electrons. The zero-order valence-electron chi connectivity index (χ0n) is 6.28. The molecule has 1 N–H and O–H groups in total. The predicted molar refractivity (Wildman–Crippen MR) is 40.5 cm³/mol. The molecule has 9 heavy (non-hydrogen) atoms. The van der Waals surface area contributed by atoms with Crippen molar-refractivity contribution in [3.05, 3.63) is 11.6 Å². The lowest BCUT2D eigenvalue weighted by atomic mass is 10.1. The molecule has 0 amide bonds. The summed E-state index contributed by atoms with van der Waals surface area (Å²) in [6.07, 6.45) is 4.78. The molecule has 0 fully saturated rings. The summed E-state index contributed by atoms with van der Waals surface area (Å²) in [6, 6.07) is 0.695. The molecule has 1 nitrogen and oxygen atoms in total. The van der Waals surface area contributed by atoms with Crippen molar-refractivity contribution in [3.8, 4) is 0 Å². The molecule has 1 atom stereocenters. The van der Waals surface area contributed by atoms with Crippen LogP contribution in [-0.4, -0.2) is 12.6 Å². The van der Waals surface area contributed by atoms with Crippen LogP contribution in [0.2, 0.25) is 0 Å². The highest BCUT2D eigenvalue weighted by atomic mass is 14.9. The maximum atomic E-state index is 3.41. The van der Waals surface area contributed by atoms with E-state index in [2.05, 4.69) is 25.2 Å². The van der Waals surface area contributed by atoms with Gasteiger partial charge < -0.3 is 5.32 Å². The molecule has 1 heterocycles. The molecule has 0 spiro atoms. The van der Waals surface area contributed by atoms with Crippen LogP contribution in [0, 0.1) is 0 Å². The predicted octanol–water partition coefficient (Wildman–Crippen LogP) is 1.70. The fourth-order valence-electron chi connectivity index (χ4n) is 1.07. The summed E-state index contributed by atoms with van der Waals surface area (Å²) >= 11 is 0. The number of hydrogen-bond donors (Lipinski definition) is 1. The van der Waals surface area contributed by atoms with Gasteiger partial charge in [-0.3, -0.25) is 0 Å². The van der Waals surface area contributed by atoms with Crippen LogP contribution < -0.4 is 5.32 Å². The van der Waals surface area contributed by atoms with Gasteiger partial charge in [0.25, 0.3) is 0 Å². The summed E-state index contributed by atoms with van der Waals surface area (Å²) in [5.41, 5.74) is 1.56. The minimum absolute atomic E-state index is 0.695. The first-order valence-corrected chi connectivity index (χ1v) is 3.74. The zero-order valence-corrected chi connectivity index (χ0v) is 6.28. The minimum Gasteiger partial charge on any atom is -0.310 e. The van der Waals surface area contributed by atoms with E-state index in [1.807, 2.05) is 0 Å². The standard InChI is InChI=1S/C8H15N/c1-3-8-5-4-7(2)9-6-8/h5,7,9H,3-4,6H2,1-2H3. The van der Waals surface area contributed by atoms with Gasteiger partial charge in [-0.05, 0) is 19.8 Å². The van der Waals surface area contributed by atoms with Crippen LogP contribution in [0.4, 0.5) is 0 Å². The second-order valence-electron chi connectivity index (χ2n) is 2.73. The third kappa shape index (κ3) is 1.83. The maximum Gasteiger partial charge on any atom is 0.0167 e. The molecule has 0 saturated carbocycles. The van der Waals surface area contributed by atoms with Gasteiger partial charge in [-0.25, -0.2) is 0 Å². The smallest absolute Gasteiger partial charge is 0.0167 e. The van der Waals surface area contributed by atoms with Gasteiger partial charge in [0.15, 0.2) is 0 Å². The van der Waals surface area contributed by atoms with Gasteiger partial charge in [0.05, 0.1) is 0 Å². The summed E-state index contributed by atoms with van der Waals surface area (Å²) in [5, 5.41) is 3.41. The van der Waals surface area contributed by atoms with Crippen molar-refractivity contribution in [1.82, 2.24) is 5.32 Å². The van der Waals surface area contributed by atoms with Gasteiger partial charge in [0, 0.05) is 12.6 Å². The quantitative estimate of drug-likeness (QED) is 0.526. The lowest BCUT2D eigenvalue weighted by Crippen LogP contribution is -2.30. The van der Waals surface area contributed by atoms with Crippen LogP contribution in [0.5, 0.6) is 0 Å². The highest BCUT2D eigenvalue weighted by molar-refractivity contribution is 5.07. The molecule has 1 heteroatoms. The summed E-state index contributed by atoms with van der Waals surface area (Å²) < 4.78 is 0. The van der Waals surface area contributed by atoms with E-state index >= 15 is 0 Å². The van der Waals surface area contributed by atoms with E-state index in [1.165, 1.54) is 12.8 Å². The Hall–Kier alpha value is -0.300. The molecule has 0 aromatic rings. The van der Waals surface area contributed by atoms with Gasteiger partial charge >= 0.3 is 0 Å². The Morgan fingerprint density at radius 1 is 1.78 bits per heavy atom. The van der Waals surface area contributed by atoms with E-state index < -0.39 is 0 Å². The second-order valence-corrected chi connectivity index (χ2v) is 2.73. The molecule has 0 aromatic heterocycles. The van der Waals surface area contributed by atoms with Crippen molar-refractivity contribution in [3.63, 3.8) is 0 Å². The lowest BCUT2D eigenvalue weighted by molar-refractivity contribution is 0.549. The van der Waals surface area contributed by atoms with Crippen LogP contribution in [0.15, 0.2) is 11.6 Å². The molecular formula is C8H15N. The summed E-state index contributed by atoms with van der Waals surface area (Å²) in [4.78, 5) is 0. The van der Waals surface area contributed by atoms with Crippen LogP contribution in [-0.2, 0) is 0 Å². The van der Waals surface area contributed by atoms with Crippen molar-refractivity contribution in [2.45, 2.75) is 32.7 Å². The van der Waals surface area contributed by atoms with Crippen molar-refractivity contribution in [2.75, 3.05) is 6.54 Å². The highest BCUT2D eigenvalue weighted by Crippen LogP contribution is 2.08. The second kappa shape index (κ2) is 3.02. The normalized spacial score (nSPS) is 27.8. The van der Waals surface area contributed by atoms with Crippen LogP contribution in [0.1, 0.15) is 26.7 Å². The molecule has 0 aromatic carbocycles. The fraction of sp³-hybridized carbons (Fsp3) is 0.750. The van der Waals surface area contributed by atoms with Crippen molar-refractivity contribution in [1.29, 1.82) is 0 Å². The molecule has 0 bridgehead atoms. The molecule has 0 aliphatic carbocycles. The maximum absolute atomic E-state index is 3.41. The minimum atomic E-state index is 0.695. The number of nitrogens with one attached hydrogen (secondary N) is 1. The van der Waals surface area contributed by atoms with Crippen molar-refractivity contribution in [2.24, 2.45) is 0 Å². The van der Waals surface area contributed by atoms with E-state index in [9.17, 15) is 0 Å². The molecule has 0 saturated heterocycles. The van der Waals surface area contributed by atoms with E-state index in [4.69, 9.17) is 0 Å². The zero-order chi connectivity index (χ0) is 6.69. The Morgan fingerprint density at radius 2 is 2.56 bits per heavy atom. The van der Waals surface area contributed by atoms with Gasteiger partial charge in [-0.15, -0.1) is 0 Å². The Morgan fingerprint density at radius 3 is 3.00 bits per heavy atom. The third-order valence-corrected chi connectivity index (χ3v) is 1.89. The van der Waals surface area contributed by atoms with E-state index in [0.717, 1.165) is 6.54 Å². The molecule has 52 valence electrons. The topological polar surface area (TPSA) is 12.0 Å². The van der Waals surface area contributed by atoms with E-state index in [1.54, 1.807) is 5.57 Å². The molecule has 1 unspecified atom stereocenters. The average Bonchev–Trinajstić information content (AvgIpc) is 1.90. The summed E-state index contributed by atoms with van der Waals surface area (Å²) in [7, 11) is 0. The molecule has 1 aliphatic heterocycles. The van der Waals surface area contributed by atoms with Crippen LogP contribution in [0.3, 0.4) is 0 Å². The SMILES string of the molecule is CCC1=CCC(C)NC1. The summed E-state index contributed by atoms with van der Waals surface area (Å²) in [5.74, 6) is 0.